The topological polar surface area (TPSA) is 204 Å². The number of methoxy groups -OCH3 is 1. The highest BCUT2D eigenvalue weighted by atomic mass is 16.7. The van der Waals surface area contributed by atoms with Crippen LogP contribution in [0.1, 0.15) is 86.5 Å². The normalized spacial score (nSPS) is 33.7. The smallest absolute Gasteiger partial charge is 0.317 e. The second-order valence-corrected chi connectivity index (χ2v) is 17.5. The summed E-state index contributed by atoms with van der Waals surface area (Å²) in [5.74, 6) is -2.61. The van der Waals surface area contributed by atoms with Crippen molar-refractivity contribution in [3.05, 3.63) is 43.1 Å². The number of amides is 1. The van der Waals surface area contributed by atoms with Gasteiger partial charge >= 0.3 is 5.97 Å². The van der Waals surface area contributed by atoms with E-state index in [0.29, 0.717) is 56.7 Å². The first-order chi connectivity index (χ1) is 28.4. The van der Waals surface area contributed by atoms with E-state index in [2.05, 4.69) is 22.2 Å². The molecule has 1 aromatic heterocycles. The van der Waals surface area contributed by atoms with Crippen molar-refractivity contribution in [3.63, 3.8) is 0 Å². The average Bonchev–Trinajstić information content (AvgIpc) is 3.68. The summed E-state index contributed by atoms with van der Waals surface area (Å²) in [6.45, 7) is 16.2. The summed E-state index contributed by atoms with van der Waals surface area (Å²) in [5.41, 5.74) is 5.33. The monoisotopic (exact) mass is 842 g/mol. The molecule has 1 aromatic carbocycles. The van der Waals surface area contributed by atoms with Crippen LogP contribution in [-0.4, -0.2) is 147 Å². The lowest BCUT2D eigenvalue weighted by Crippen LogP contribution is -2.65. The number of aryl methyl sites for hydroxylation is 1. The van der Waals surface area contributed by atoms with Crippen LogP contribution in [0.3, 0.4) is 0 Å². The molecule has 0 saturated carbocycles. The lowest BCUT2D eigenvalue weighted by molar-refractivity contribution is -0.289. The zero-order chi connectivity index (χ0) is 44.4. The lowest BCUT2D eigenvalue weighted by Gasteiger charge is -2.46. The van der Waals surface area contributed by atoms with Gasteiger partial charge in [0, 0.05) is 50.0 Å². The Hall–Kier alpha value is -3.77. The molecular weight excluding hydrogens is 771 g/mol. The van der Waals surface area contributed by atoms with E-state index in [1.54, 1.807) is 30.5 Å². The number of aliphatic hydroxyl groups excluding tert-OH is 1. The van der Waals surface area contributed by atoms with Gasteiger partial charge in [-0.2, -0.15) is 0 Å². The van der Waals surface area contributed by atoms with Gasteiger partial charge in [0.25, 0.3) is 0 Å². The van der Waals surface area contributed by atoms with Crippen LogP contribution in [0.25, 0.3) is 11.3 Å². The number of carbonyl (C=O) groups is 3. The molecule has 2 aliphatic heterocycles. The number of nitrogens with two attached hydrogens (primary N) is 1. The van der Waals surface area contributed by atoms with Crippen molar-refractivity contribution < 1.29 is 43.5 Å². The van der Waals surface area contributed by atoms with Gasteiger partial charge in [-0.1, -0.05) is 37.3 Å². The highest BCUT2D eigenvalue weighted by molar-refractivity contribution is 5.99. The maximum absolute atomic E-state index is 14.3. The van der Waals surface area contributed by atoms with E-state index in [0.717, 1.165) is 12.0 Å². The summed E-state index contributed by atoms with van der Waals surface area (Å²) in [5, 5.41) is 36.0. The van der Waals surface area contributed by atoms with Crippen molar-refractivity contribution in [1.29, 1.82) is 0 Å². The number of esters is 1. The van der Waals surface area contributed by atoms with Crippen molar-refractivity contribution in [2.45, 2.75) is 153 Å². The fraction of sp³-hybridized carbons (Fsp3) is 0.705. The predicted octanol–water partition coefficient (Wildman–Crippen LogP) is 3.59. The number of Topliss-reactive ketones (excluding diaryl/α,β-unsaturated/α-hetero) is 1. The number of unbranched alkanes of at least 4 members (excludes halogenated alkanes) is 1. The molecule has 3 heterocycles. The molecule has 5 N–H and O–H groups in total. The Balaban J connectivity index is 1.61. The SMILES string of the molecule is C=CC[C@@H]1C(=O)C[C@@H](O[C@@H]2O[C@H](C)CC(N(C)C)C2O)[C@](C)(OC)C[C@@H](C)CN[C@H](C)[C@@H](N(C=O)CCCCn2cc(-c3cccc(N)c3)nn2)[C@](C)(O)[C@@H](CC)OC1=O. The van der Waals surface area contributed by atoms with Gasteiger partial charge in [0.2, 0.25) is 6.41 Å². The molecule has 16 nitrogen and oxygen atoms in total. The molecular formula is C44H71N7O9. The summed E-state index contributed by atoms with van der Waals surface area (Å²) in [7, 11) is 5.33. The summed E-state index contributed by atoms with van der Waals surface area (Å²) < 4.78 is 26.7. The standard InChI is InChI=1S/C44H71N7O9/c1-11-16-33-36(53)23-38(60-42-39(54)35(49(8)9)21-29(4)58-42)43(6,57-10)24-28(3)25-46-30(5)40(44(7,56)37(12-2)59-41(33)55)50(27-52)19-13-14-20-51-26-34(47-48-51)31-17-15-18-32(45)22-31/h11,15,17-18,22,26-30,33,35,37-40,42,46,54,56H,1,12-14,16,19-21,23-25,45H2,2-10H3/t28-,29-,30-,33-,35?,37-,38-,39?,40-,42+,43-,44-/m1/s1. The number of ketones is 1. The summed E-state index contributed by atoms with van der Waals surface area (Å²) in [6.07, 6.45) is 1.93. The number of rotatable bonds is 15. The number of nitrogen functional groups attached to an aromatic ring is 1. The summed E-state index contributed by atoms with van der Waals surface area (Å²) >= 11 is 0. The van der Waals surface area contributed by atoms with Crippen LogP contribution in [0.5, 0.6) is 0 Å². The van der Waals surface area contributed by atoms with E-state index in [9.17, 15) is 24.6 Å². The molecule has 0 bridgehead atoms. The molecule has 12 atom stereocenters. The Labute approximate surface area is 356 Å². The molecule has 0 radical (unpaired) electrons. The third-order valence-corrected chi connectivity index (χ3v) is 12.3. The number of hydrogen-bond acceptors (Lipinski definition) is 14. The van der Waals surface area contributed by atoms with Crippen LogP contribution in [0.15, 0.2) is 43.1 Å². The lowest BCUT2D eigenvalue weighted by atomic mass is 9.82. The van der Waals surface area contributed by atoms with Crippen molar-refractivity contribution in [3.8, 4) is 11.3 Å². The van der Waals surface area contributed by atoms with E-state index in [1.165, 1.54) is 6.08 Å². The number of ether oxygens (including phenoxy) is 4. The number of likely N-dealkylation sites (N-methyl/N-ethyl adjacent to an activating group) is 1. The zero-order valence-corrected chi connectivity index (χ0v) is 37.2. The van der Waals surface area contributed by atoms with Crippen LogP contribution in [-0.2, 0) is 39.9 Å². The number of benzene rings is 1. The largest absolute Gasteiger partial charge is 0.459 e. The molecule has 60 heavy (non-hydrogen) atoms. The number of nitrogens with zero attached hydrogens (tertiary/aromatic N) is 5. The van der Waals surface area contributed by atoms with E-state index in [-0.39, 0.29) is 37.3 Å². The summed E-state index contributed by atoms with van der Waals surface area (Å²) in [6, 6.07) is 5.85. The van der Waals surface area contributed by atoms with Gasteiger partial charge in [0.15, 0.2) is 6.29 Å². The van der Waals surface area contributed by atoms with Crippen molar-refractivity contribution >= 4 is 23.9 Å². The Kier molecular flexibility index (Phi) is 17.8. The molecule has 0 spiro atoms. The van der Waals surface area contributed by atoms with Gasteiger partial charge in [0.1, 0.15) is 35.2 Å². The maximum Gasteiger partial charge on any atom is 0.317 e. The number of cyclic esters (lactones) is 1. The fourth-order valence-electron chi connectivity index (χ4n) is 8.91. The van der Waals surface area contributed by atoms with Crippen LogP contribution in [0, 0.1) is 11.8 Å². The Bertz CT molecular complexity index is 1710. The molecule has 336 valence electrons. The molecule has 2 unspecified atom stereocenters. The molecule has 1 amide bonds. The number of nitrogens with one attached hydrogen (secondary N) is 1. The Morgan fingerprint density at radius 2 is 1.92 bits per heavy atom. The van der Waals surface area contributed by atoms with E-state index >= 15 is 0 Å². The number of hydrogen-bond donors (Lipinski definition) is 4. The average molecular weight is 842 g/mol. The van der Waals surface area contributed by atoms with Gasteiger partial charge in [-0.25, -0.2) is 0 Å². The number of carbonyl (C=O) groups excluding carboxylic acids is 3. The minimum atomic E-state index is -1.75. The van der Waals surface area contributed by atoms with Gasteiger partial charge in [-0.3, -0.25) is 19.1 Å². The van der Waals surface area contributed by atoms with E-state index in [1.807, 2.05) is 77.2 Å². The van der Waals surface area contributed by atoms with Crippen LogP contribution in [0.4, 0.5) is 5.69 Å². The van der Waals surface area contributed by atoms with Gasteiger partial charge in [0.05, 0.1) is 30.0 Å². The number of aromatic nitrogens is 3. The van der Waals surface area contributed by atoms with E-state index < -0.39 is 65.6 Å². The highest BCUT2D eigenvalue weighted by Crippen LogP contribution is 2.35. The Morgan fingerprint density at radius 1 is 1.18 bits per heavy atom. The second-order valence-electron chi connectivity index (χ2n) is 17.5. The molecule has 2 aliphatic rings. The number of aliphatic hydroxyl groups is 2. The summed E-state index contributed by atoms with van der Waals surface area (Å²) in [4.78, 5) is 44.9. The van der Waals surface area contributed by atoms with Crippen LogP contribution >= 0.6 is 0 Å². The van der Waals surface area contributed by atoms with Crippen molar-refractivity contribution in [2.75, 3.05) is 40.0 Å². The second kappa shape index (κ2) is 21.8. The molecule has 2 saturated heterocycles. The van der Waals surface area contributed by atoms with Gasteiger partial charge in [-0.05, 0) is 105 Å². The highest BCUT2D eigenvalue weighted by Gasteiger charge is 2.49. The molecule has 4 rings (SSSR count). The third kappa shape index (κ3) is 12.2. The van der Waals surface area contributed by atoms with Gasteiger partial charge in [-0.15, -0.1) is 11.7 Å². The Morgan fingerprint density at radius 3 is 2.55 bits per heavy atom. The molecule has 0 aliphatic carbocycles. The number of anilines is 1. The zero-order valence-electron chi connectivity index (χ0n) is 37.2. The molecule has 2 fully saturated rings. The molecule has 2 aromatic rings. The van der Waals surface area contributed by atoms with E-state index in [4.69, 9.17) is 24.7 Å². The fourth-order valence-corrected chi connectivity index (χ4v) is 8.91. The van der Waals surface area contributed by atoms with Crippen LogP contribution in [0.2, 0.25) is 0 Å². The molecule has 16 heteroatoms. The first kappa shape index (κ1) is 48.9. The minimum Gasteiger partial charge on any atom is -0.459 e. The number of allylic oxidation sites excluding steroid dienone is 1. The van der Waals surface area contributed by atoms with Crippen molar-refractivity contribution in [1.82, 2.24) is 30.1 Å². The maximum atomic E-state index is 14.3. The minimum absolute atomic E-state index is 0.0140. The predicted molar refractivity (Wildman–Crippen MR) is 228 cm³/mol. The first-order valence-corrected chi connectivity index (χ1v) is 21.4. The quantitative estimate of drug-likeness (QED) is 0.0506. The van der Waals surface area contributed by atoms with Gasteiger partial charge < -0.3 is 50.0 Å². The third-order valence-electron chi connectivity index (χ3n) is 12.3. The first-order valence-electron chi connectivity index (χ1n) is 21.4. The van der Waals surface area contributed by atoms with Crippen LogP contribution < -0.4 is 11.1 Å². The van der Waals surface area contributed by atoms with Crippen molar-refractivity contribution in [2.24, 2.45) is 11.8 Å².